The molecule has 0 radical (unpaired) electrons. The lowest BCUT2D eigenvalue weighted by Crippen LogP contribution is -1.98. The molecule has 0 saturated carbocycles. The topological polar surface area (TPSA) is 58.9 Å². The maximum atomic E-state index is 9.82. The van der Waals surface area contributed by atoms with Crippen molar-refractivity contribution in [1.82, 2.24) is 0 Å². The normalized spacial score (nSPS) is 13.5. The molecule has 22 heavy (non-hydrogen) atoms. The first kappa shape index (κ1) is 16.3. The van der Waals surface area contributed by atoms with Crippen molar-refractivity contribution < 1.29 is 19.7 Å². The van der Waals surface area contributed by atoms with E-state index in [2.05, 4.69) is 0 Å². The molecule has 0 spiro atoms. The molecule has 2 aromatic carbocycles. The zero-order valence-corrected chi connectivity index (χ0v) is 13.3. The van der Waals surface area contributed by atoms with Crippen LogP contribution in [0.25, 0.3) is 11.1 Å². The van der Waals surface area contributed by atoms with Gasteiger partial charge < -0.3 is 19.7 Å². The Hall–Kier alpha value is -2.04. The summed E-state index contributed by atoms with van der Waals surface area (Å²) in [4.78, 5) is 0. The summed E-state index contributed by atoms with van der Waals surface area (Å²) in [5.41, 5.74) is 3.22. The Morgan fingerprint density at radius 2 is 1.09 bits per heavy atom. The number of benzene rings is 2. The summed E-state index contributed by atoms with van der Waals surface area (Å²) < 4.78 is 10.9. The molecule has 0 fully saturated rings. The van der Waals surface area contributed by atoms with E-state index in [1.165, 1.54) is 0 Å². The molecule has 2 atom stereocenters. The summed E-state index contributed by atoms with van der Waals surface area (Å²) >= 11 is 0. The van der Waals surface area contributed by atoms with Gasteiger partial charge in [0, 0.05) is 11.1 Å². The predicted molar refractivity (Wildman–Crippen MR) is 86.2 cm³/mol. The Labute approximate surface area is 130 Å². The zero-order chi connectivity index (χ0) is 16.3. The van der Waals surface area contributed by atoms with E-state index in [4.69, 9.17) is 9.47 Å². The fraction of sp³-hybridized carbons (Fsp3) is 0.333. The Kier molecular flexibility index (Phi) is 5.06. The number of hydrogen-bond donors (Lipinski definition) is 2. The van der Waals surface area contributed by atoms with Gasteiger partial charge in [-0.3, -0.25) is 0 Å². The second-order valence-electron chi connectivity index (χ2n) is 5.27. The minimum atomic E-state index is -0.574. The van der Waals surface area contributed by atoms with Gasteiger partial charge in [-0.25, -0.2) is 0 Å². The van der Waals surface area contributed by atoms with Gasteiger partial charge in [0.25, 0.3) is 0 Å². The smallest absolute Gasteiger partial charge is 0.126 e. The molecule has 2 aromatic rings. The van der Waals surface area contributed by atoms with Crippen molar-refractivity contribution in [3.63, 3.8) is 0 Å². The van der Waals surface area contributed by atoms with Crippen LogP contribution in [-0.4, -0.2) is 24.4 Å². The number of aliphatic hydroxyl groups excluding tert-OH is 2. The highest BCUT2D eigenvalue weighted by Gasteiger charge is 2.15. The minimum Gasteiger partial charge on any atom is -0.496 e. The second-order valence-corrected chi connectivity index (χ2v) is 5.27. The SMILES string of the molecule is COc1ccc([C@@H](C)O)cc1-c1cc([C@@H](C)O)ccc1OC. The zero-order valence-electron chi connectivity index (χ0n) is 13.3. The molecule has 4 nitrogen and oxygen atoms in total. The molecule has 0 aromatic heterocycles. The van der Waals surface area contributed by atoms with Crippen LogP contribution in [-0.2, 0) is 0 Å². The lowest BCUT2D eigenvalue weighted by atomic mass is 9.96. The van der Waals surface area contributed by atoms with Crippen LogP contribution < -0.4 is 9.47 Å². The van der Waals surface area contributed by atoms with Crippen molar-refractivity contribution >= 4 is 0 Å². The number of rotatable bonds is 5. The largest absolute Gasteiger partial charge is 0.496 e. The van der Waals surface area contributed by atoms with Crippen LogP contribution in [0, 0.1) is 0 Å². The quantitative estimate of drug-likeness (QED) is 0.888. The van der Waals surface area contributed by atoms with Gasteiger partial charge in [0.05, 0.1) is 26.4 Å². The van der Waals surface area contributed by atoms with Crippen molar-refractivity contribution in [1.29, 1.82) is 0 Å². The number of hydrogen-bond acceptors (Lipinski definition) is 4. The molecule has 0 aliphatic heterocycles. The molecule has 2 rings (SSSR count). The fourth-order valence-corrected chi connectivity index (χ4v) is 2.39. The van der Waals surface area contributed by atoms with Gasteiger partial charge in [-0.15, -0.1) is 0 Å². The molecule has 0 heterocycles. The van der Waals surface area contributed by atoms with Crippen molar-refractivity contribution in [3.05, 3.63) is 47.5 Å². The van der Waals surface area contributed by atoms with Gasteiger partial charge in [-0.2, -0.15) is 0 Å². The van der Waals surface area contributed by atoms with E-state index in [0.717, 1.165) is 22.3 Å². The van der Waals surface area contributed by atoms with Crippen molar-refractivity contribution in [3.8, 4) is 22.6 Å². The van der Waals surface area contributed by atoms with E-state index >= 15 is 0 Å². The average Bonchev–Trinajstić information content (AvgIpc) is 2.53. The highest BCUT2D eigenvalue weighted by atomic mass is 16.5. The number of ether oxygens (including phenoxy) is 2. The van der Waals surface area contributed by atoms with Gasteiger partial charge in [0.1, 0.15) is 11.5 Å². The molecular formula is C18H22O4. The highest BCUT2D eigenvalue weighted by Crippen LogP contribution is 2.39. The summed E-state index contributed by atoms with van der Waals surface area (Å²) in [7, 11) is 3.21. The van der Waals surface area contributed by atoms with Gasteiger partial charge in [-0.05, 0) is 49.2 Å². The molecule has 0 saturated heterocycles. The van der Waals surface area contributed by atoms with E-state index in [0.29, 0.717) is 11.5 Å². The first-order chi connectivity index (χ1) is 10.5. The maximum absolute atomic E-state index is 9.82. The highest BCUT2D eigenvalue weighted by molar-refractivity contribution is 5.77. The molecule has 0 aliphatic rings. The van der Waals surface area contributed by atoms with Crippen LogP contribution in [0.1, 0.15) is 37.2 Å². The first-order valence-electron chi connectivity index (χ1n) is 7.20. The van der Waals surface area contributed by atoms with Gasteiger partial charge in [-0.1, -0.05) is 12.1 Å². The van der Waals surface area contributed by atoms with Gasteiger partial charge >= 0.3 is 0 Å². The third-order valence-corrected chi connectivity index (χ3v) is 3.70. The molecule has 2 N–H and O–H groups in total. The van der Waals surface area contributed by atoms with E-state index < -0.39 is 12.2 Å². The molecular weight excluding hydrogens is 280 g/mol. The summed E-state index contributed by atoms with van der Waals surface area (Å²) in [5, 5.41) is 19.6. The summed E-state index contributed by atoms with van der Waals surface area (Å²) in [6.45, 7) is 3.43. The Balaban J connectivity index is 2.67. The third-order valence-electron chi connectivity index (χ3n) is 3.70. The summed E-state index contributed by atoms with van der Waals surface area (Å²) in [5.74, 6) is 1.37. The van der Waals surface area contributed by atoms with E-state index in [9.17, 15) is 10.2 Å². The number of methoxy groups -OCH3 is 2. The minimum absolute atomic E-state index is 0.574. The van der Waals surface area contributed by atoms with Crippen molar-refractivity contribution in [2.45, 2.75) is 26.1 Å². The average molecular weight is 302 g/mol. The fourth-order valence-electron chi connectivity index (χ4n) is 2.39. The van der Waals surface area contributed by atoms with E-state index in [1.807, 2.05) is 36.4 Å². The standard InChI is InChI=1S/C18H22O4/c1-11(19)13-5-7-17(21-3)15(9-13)16-10-14(12(2)20)6-8-18(16)22-4/h5-12,19-20H,1-4H3/t11-,12-/m1/s1. The van der Waals surface area contributed by atoms with Crippen LogP contribution in [0.3, 0.4) is 0 Å². The molecule has 0 unspecified atom stereocenters. The Bertz CT molecular complexity index is 590. The Morgan fingerprint density at radius 1 is 0.727 bits per heavy atom. The van der Waals surface area contributed by atoms with Crippen molar-refractivity contribution in [2.24, 2.45) is 0 Å². The van der Waals surface area contributed by atoms with Gasteiger partial charge in [0.2, 0.25) is 0 Å². The first-order valence-corrected chi connectivity index (χ1v) is 7.20. The van der Waals surface area contributed by atoms with Crippen LogP contribution in [0.5, 0.6) is 11.5 Å². The van der Waals surface area contributed by atoms with Crippen molar-refractivity contribution in [2.75, 3.05) is 14.2 Å². The summed E-state index contributed by atoms with van der Waals surface area (Å²) in [6.07, 6.45) is -1.15. The van der Waals surface area contributed by atoms with Gasteiger partial charge in [0.15, 0.2) is 0 Å². The third kappa shape index (κ3) is 3.24. The second kappa shape index (κ2) is 6.81. The van der Waals surface area contributed by atoms with E-state index in [1.54, 1.807) is 28.1 Å². The molecule has 0 bridgehead atoms. The van der Waals surface area contributed by atoms with Crippen LogP contribution >= 0.6 is 0 Å². The Morgan fingerprint density at radius 3 is 1.36 bits per heavy atom. The summed E-state index contributed by atoms with van der Waals surface area (Å²) in [6, 6.07) is 11.1. The van der Waals surface area contributed by atoms with Crippen LogP contribution in [0.15, 0.2) is 36.4 Å². The molecule has 4 heteroatoms. The van der Waals surface area contributed by atoms with E-state index in [-0.39, 0.29) is 0 Å². The maximum Gasteiger partial charge on any atom is 0.126 e. The molecule has 0 aliphatic carbocycles. The molecule has 118 valence electrons. The lowest BCUT2D eigenvalue weighted by molar-refractivity contribution is 0.198. The predicted octanol–water partition coefficient (Wildman–Crippen LogP) is 3.48. The van der Waals surface area contributed by atoms with Crippen LogP contribution in [0.2, 0.25) is 0 Å². The molecule has 0 amide bonds. The monoisotopic (exact) mass is 302 g/mol. The number of aliphatic hydroxyl groups is 2. The van der Waals surface area contributed by atoms with Crippen LogP contribution in [0.4, 0.5) is 0 Å². The lowest BCUT2D eigenvalue weighted by Gasteiger charge is -2.17.